The van der Waals surface area contributed by atoms with Gasteiger partial charge >= 0.3 is 6.09 Å². The van der Waals surface area contributed by atoms with Crippen molar-refractivity contribution in [3.63, 3.8) is 0 Å². The van der Waals surface area contributed by atoms with Crippen LogP contribution in [-0.2, 0) is 10.0 Å². The van der Waals surface area contributed by atoms with Gasteiger partial charge < -0.3 is 15.4 Å². The molecule has 6 aromatic rings. The maximum Gasteiger partial charge on any atom is 0.417 e. The summed E-state index contributed by atoms with van der Waals surface area (Å²) in [6, 6.07) is 25.7. The number of imidazole rings is 1. The molecule has 2 aromatic heterocycles. The van der Waals surface area contributed by atoms with E-state index in [2.05, 4.69) is 20.5 Å². The minimum Gasteiger partial charge on any atom is -0.761 e. The van der Waals surface area contributed by atoms with Crippen LogP contribution >= 0.6 is 0 Å². The molecule has 0 bridgehead atoms. The average molecular weight is 608 g/mol. The number of hydrogen-bond acceptors (Lipinski definition) is 9. The van der Waals surface area contributed by atoms with E-state index >= 15 is 0 Å². The highest BCUT2D eigenvalue weighted by molar-refractivity contribution is 7.90. The van der Waals surface area contributed by atoms with Crippen LogP contribution in [0, 0.1) is 12.1 Å². The molecule has 44 heavy (non-hydrogen) atoms. The van der Waals surface area contributed by atoms with E-state index in [1.54, 1.807) is 66.1 Å². The molecule has 3 N–H and O–H groups in total. The second-order valence-electron chi connectivity index (χ2n) is 9.75. The highest BCUT2D eigenvalue weighted by atomic mass is 32.2. The number of nitrogens with zero attached hydrogens (tertiary/aromatic N) is 3. The molecule has 13 heteroatoms. The summed E-state index contributed by atoms with van der Waals surface area (Å²) in [5.41, 5.74) is 5.41. The molecule has 2 heterocycles. The Labute approximate surface area is 250 Å². The molecule has 6 rings (SSSR count). The predicted octanol–water partition coefficient (Wildman–Crippen LogP) is 5.52. The standard InChI is InChI=1S/C31H23N6O6S/c1-19-5-15-24(16-6-19)44(41,42)37-18-32-29-25(3-2-4-28(29)37)26-17-27(34-35-30(26)38)20-7-9-21(10-8-20)33-31(39)43-23-13-11-22(36-40)12-14-23/h2-18,36H,1H3,(H,33,39)(H,35,38)/q-1. The van der Waals surface area contributed by atoms with Crippen molar-refractivity contribution in [1.82, 2.24) is 19.2 Å². The molecule has 0 atom stereocenters. The molecule has 0 aliphatic carbocycles. The Bertz CT molecular complexity index is 2160. The number of rotatable bonds is 7. The molecule has 1 amide bonds. The van der Waals surface area contributed by atoms with Gasteiger partial charge in [0.25, 0.3) is 15.6 Å². The van der Waals surface area contributed by atoms with E-state index < -0.39 is 21.7 Å². The van der Waals surface area contributed by atoms with Crippen molar-refractivity contribution in [3.05, 3.63) is 125 Å². The van der Waals surface area contributed by atoms with Crippen LogP contribution in [0.3, 0.4) is 0 Å². The zero-order valence-corrected chi connectivity index (χ0v) is 23.8. The Balaban J connectivity index is 1.26. The Morgan fingerprint density at radius 1 is 0.909 bits per heavy atom. The fourth-order valence-corrected chi connectivity index (χ4v) is 5.85. The zero-order valence-electron chi connectivity index (χ0n) is 23.0. The van der Waals surface area contributed by atoms with Crippen LogP contribution in [0.2, 0.25) is 0 Å². The number of H-pyrrole nitrogens is 1. The summed E-state index contributed by atoms with van der Waals surface area (Å²) in [6.07, 6.45) is 0.511. The highest BCUT2D eigenvalue weighted by Crippen LogP contribution is 2.30. The molecule has 0 fully saturated rings. The number of carbonyl (C=O) groups excluding carboxylic acids is 1. The van der Waals surface area contributed by atoms with Crippen molar-refractivity contribution in [1.29, 1.82) is 0 Å². The molecule has 0 aliphatic rings. The van der Waals surface area contributed by atoms with Crippen molar-refractivity contribution in [3.8, 4) is 28.1 Å². The maximum absolute atomic E-state index is 13.4. The fraction of sp³-hybridized carbons (Fsp3) is 0.0323. The van der Waals surface area contributed by atoms with Gasteiger partial charge in [0.15, 0.2) is 0 Å². The lowest BCUT2D eigenvalue weighted by atomic mass is 10.0. The second-order valence-corrected chi connectivity index (χ2v) is 11.6. The van der Waals surface area contributed by atoms with Crippen LogP contribution in [0.5, 0.6) is 5.75 Å². The molecular weight excluding hydrogens is 584 g/mol. The van der Waals surface area contributed by atoms with Gasteiger partial charge in [0.2, 0.25) is 0 Å². The number of anilines is 2. The average Bonchev–Trinajstić information content (AvgIpc) is 3.48. The third-order valence-corrected chi connectivity index (χ3v) is 8.50. The lowest BCUT2D eigenvalue weighted by Gasteiger charge is -2.10. The monoisotopic (exact) mass is 607 g/mol. The molecule has 0 aliphatic heterocycles. The Hall–Kier alpha value is -5.79. The van der Waals surface area contributed by atoms with Gasteiger partial charge in [-0.15, -0.1) is 0 Å². The Morgan fingerprint density at radius 2 is 1.61 bits per heavy atom. The van der Waals surface area contributed by atoms with Crippen LogP contribution in [0.1, 0.15) is 5.56 Å². The van der Waals surface area contributed by atoms with Crippen LogP contribution in [-0.4, -0.2) is 33.7 Å². The highest BCUT2D eigenvalue weighted by Gasteiger charge is 2.22. The second kappa shape index (κ2) is 11.5. The molecule has 0 spiro atoms. The summed E-state index contributed by atoms with van der Waals surface area (Å²) in [7, 11) is -3.93. The first-order chi connectivity index (χ1) is 21.2. The van der Waals surface area contributed by atoms with Crippen LogP contribution in [0.25, 0.3) is 33.4 Å². The summed E-state index contributed by atoms with van der Waals surface area (Å²) < 4.78 is 33.1. The number of benzene rings is 4. The number of aryl methyl sites for hydroxylation is 1. The number of nitrogens with one attached hydrogen (secondary N) is 3. The Morgan fingerprint density at radius 3 is 2.32 bits per heavy atom. The van der Waals surface area contributed by atoms with E-state index in [1.807, 2.05) is 6.92 Å². The molecule has 220 valence electrons. The van der Waals surface area contributed by atoms with Crippen LogP contribution in [0.15, 0.2) is 113 Å². The minimum absolute atomic E-state index is 0.120. The summed E-state index contributed by atoms with van der Waals surface area (Å²) in [5, 5.41) is 20.0. The van der Waals surface area contributed by atoms with Crippen LogP contribution < -0.4 is 21.1 Å². The number of ether oxygens (including phenoxy) is 1. The van der Waals surface area contributed by atoms with E-state index in [1.165, 1.54) is 42.7 Å². The molecule has 4 aromatic carbocycles. The van der Waals surface area contributed by atoms with Gasteiger partial charge in [0.1, 0.15) is 12.1 Å². The van der Waals surface area contributed by atoms with Crippen molar-refractivity contribution in [2.75, 3.05) is 10.8 Å². The SMILES string of the molecule is Cc1ccc(S(=O)(=O)n2cnc3c(-c4cc(-c5ccc(NC(=O)Oc6ccc(N[O-])cc6)cc5)n[nH]c4=O)cccc32)cc1. The molecular formula is C31H23N6O6S-. The summed E-state index contributed by atoms with van der Waals surface area (Å²) in [6.45, 7) is 1.87. The predicted molar refractivity (Wildman–Crippen MR) is 166 cm³/mol. The lowest BCUT2D eigenvalue weighted by Crippen LogP contribution is -2.16. The van der Waals surface area contributed by atoms with Gasteiger partial charge in [-0.05, 0) is 67.6 Å². The molecule has 0 saturated carbocycles. The first kappa shape index (κ1) is 28.3. The number of aromatic amines is 1. The topological polar surface area (TPSA) is 171 Å². The normalized spacial score (nSPS) is 11.3. The largest absolute Gasteiger partial charge is 0.761 e. The smallest absolute Gasteiger partial charge is 0.417 e. The van der Waals surface area contributed by atoms with Crippen LogP contribution in [0.4, 0.5) is 16.2 Å². The summed E-state index contributed by atoms with van der Waals surface area (Å²) in [4.78, 5) is 29.7. The van der Waals surface area contributed by atoms with Crippen molar-refractivity contribution < 1.29 is 17.9 Å². The van der Waals surface area contributed by atoms with Gasteiger partial charge in [-0.1, -0.05) is 42.0 Å². The third kappa shape index (κ3) is 5.52. The Kier molecular flexibility index (Phi) is 7.39. The number of fused-ring (bicyclic) bond motifs is 1. The fourth-order valence-electron chi connectivity index (χ4n) is 4.57. The lowest BCUT2D eigenvalue weighted by molar-refractivity contribution is 0.215. The summed E-state index contributed by atoms with van der Waals surface area (Å²) >= 11 is 0. The van der Waals surface area contributed by atoms with Gasteiger partial charge in [-0.3, -0.25) is 10.1 Å². The summed E-state index contributed by atoms with van der Waals surface area (Å²) in [5.74, 6) is 0.260. The van der Waals surface area contributed by atoms with Gasteiger partial charge in [0.05, 0.1) is 27.2 Å². The van der Waals surface area contributed by atoms with E-state index in [0.717, 1.165) is 9.54 Å². The van der Waals surface area contributed by atoms with Crippen molar-refractivity contribution >= 4 is 38.5 Å². The number of amides is 1. The van der Waals surface area contributed by atoms with Gasteiger partial charge in [-0.25, -0.2) is 27.3 Å². The third-order valence-electron chi connectivity index (χ3n) is 6.83. The molecule has 0 saturated heterocycles. The quantitative estimate of drug-likeness (QED) is 0.198. The van der Waals surface area contributed by atoms with E-state index in [4.69, 9.17) is 4.74 Å². The number of para-hydroxylation sites is 1. The number of hydrogen-bond donors (Lipinski definition) is 3. The molecule has 12 nitrogen and oxygen atoms in total. The molecule has 0 radical (unpaired) electrons. The zero-order chi connectivity index (χ0) is 30.8. The number of aromatic nitrogens is 4. The van der Waals surface area contributed by atoms with E-state index in [9.17, 15) is 23.2 Å². The number of carbonyl (C=O) groups is 1. The van der Waals surface area contributed by atoms with Crippen molar-refractivity contribution in [2.45, 2.75) is 11.8 Å². The first-order valence-electron chi connectivity index (χ1n) is 13.2. The van der Waals surface area contributed by atoms with Gasteiger partial charge in [-0.2, -0.15) is 5.10 Å². The molecule has 0 unspecified atom stereocenters. The maximum atomic E-state index is 13.4. The van der Waals surface area contributed by atoms with Crippen molar-refractivity contribution in [2.24, 2.45) is 0 Å². The van der Waals surface area contributed by atoms with E-state index in [0.29, 0.717) is 39.2 Å². The minimum atomic E-state index is -3.93. The first-order valence-corrected chi connectivity index (χ1v) is 14.6. The van der Waals surface area contributed by atoms with E-state index in [-0.39, 0.29) is 16.2 Å². The van der Waals surface area contributed by atoms with Gasteiger partial charge in [0, 0.05) is 22.5 Å².